The fraction of sp³-hybridized carbons (Fsp3) is 0.526. The number of hydrogen-bond acceptors (Lipinski definition) is 6. The first-order chi connectivity index (χ1) is 12.4. The predicted molar refractivity (Wildman–Crippen MR) is 102 cm³/mol. The number of nitrogens with zero attached hydrogens (tertiary/aromatic N) is 3. The zero-order valence-electron chi connectivity index (χ0n) is 16.1. The van der Waals surface area contributed by atoms with Crippen molar-refractivity contribution in [1.82, 2.24) is 15.0 Å². The van der Waals surface area contributed by atoms with Gasteiger partial charge in [0.15, 0.2) is 0 Å². The van der Waals surface area contributed by atoms with Crippen LogP contribution in [0.4, 0.5) is 0 Å². The van der Waals surface area contributed by atoms with E-state index >= 15 is 0 Å². The fourth-order valence-electron chi connectivity index (χ4n) is 2.61. The summed E-state index contributed by atoms with van der Waals surface area (Å²) in [5.74, 6) is 1.84. The highest BCUT2D eigenvalue weighted by atomic mass is 32.2. The van der Waals surface area contributed by atoms with Crippen LogP contribution in [0, 0.1) is 19.8 Å². The highest BCUT2D eigenvalue weighted by Crippen LogP contribution is 2.28. The summed E-state index contributed by atoms with van der Waals surface area (Å²) >= 11 is 1.53. The third-order valence-corrected chi connectivity index (χ3v) is 5.01. The van der Waals surface area contributed by atoms with E-state index in [9.17, 15) is 4.79 Å². The van der Waals surface area contributed by atoms with Crippen molar-refractivity contribution in [2.75, 3.05) is 26.8 Å². The van der Waals surface area contributed by atoms with Crippen molar-refractivity contribution < 1.29 is 14.1 Å². The van der Waals surface area contributed by atoms with Gasteiger partial charge < -0.3 is 14.2 Å². The zero-order valence-corrected chi connectivity index (χ0v) is 16.9. The number of rotatable bonds is 9. The molecular formula is C19H27N3O3S. The van der Waals surface area contributed by atoms with E-state index < -0.39 is 0 Å². The molecule has 7 heteroatoms. The summed E-state index contributed by atoms with van der Waals surface area (Å²) in [6.45, 7) is 9.79. The summed E-state index contributed by atoms with van der Waals surface area (Å²) in [7, 11) is 1.65. The Morgan fingerprint density at radius 2 is 2.15 bits per heavy atom. The number of methoxy groups -OCH3 is 1. The quantitative estimate of drug-likeness (QED) is 0.620. The molecule has 0 saturated heterocycles. The van der Waals surface area contributed by atoms with Gasteiger partial charge in [-0.2, -0.15) is 0 Å². The van der Waals surface area contributed by atoms with E-state index in [0.29, 0.717) is 36.9 Å². The van der Waals surface area contributed by atoms with E-state index in [1.54, 1.807) is 19.4 Å². The minimum absolute atomic E-state index is 0.00916. The van der Waals surface area contributed by atoms with Crippen LogP contribution in [0.5, 0.6) is 0 Å². The fourth-order valence-corrected chi connectivity index (χ4v) is 3.74. The molecule has 0 bridgehead atoms. The molecule has 0 saturated carbocycles. The lowest BCUT2D eigenvalue weighted by atomic mass is 10.2. The molecule has 2 rings (SSSR count). The number of carbonyl (C=O) groups excluding carboxylic acids is 1. The summed E-state index contributed by atoms with van der Waals surface area (Å²) in [6, 6.07) is 3.64. The van der Waals surface area contributed by atoms with Gasteiger partial charge in [0.2, 0.25) is 0 Å². The van der Waals surface area contributed by atoms with Crippen LogP contribution < -0.4 is 0 Å². The summed E-state index contributed by atoms with van der Waals surface area (Å²) in [5, 5.41) is 4.71. The normalized spacial score (nSPS) is 11.2. The molecule has 1 amide bonds. The van der Waals surface area contributed by atoms with Crippen molar-refractivity contribution in [3.63, 3.8) is 0 Å². The van der Waals surface area contributed by atoms with Gasteiger partial charge in [-0.15, -0.1) is 11.8 Å². The van der Waals surface area contributed by atoms with Crippen LogP contribution in [-0.2, 0) is 10.5 Å². The highest BCUT2D eigenvalue weighted by Gasteiger charge is 2.21. The number of ether oxygens (including phenoxy) is 1. The molecule has 0 aliphatic carbocycles. The molecule has 0 aromatic carbocycles. The van der Waals surface area contributed by atoms with E-state index in [1.807, 2.05) is 24.8 Å². The molecule has 2 heterocycles. The number of amides is 1. The Bertz CT molecular complexity index is 711. The number of pyridine rings is 1. The monoisotopic (exact) mass is 377 g/mol. The summed E-state index contributed by atoms with van der Waals surface area (Å²) in [5.41, 5.74) is 2.55. The first kappa shape index (κ1) is 20.5. The first-order valence-corrected chi connectivity index (χ1v) is 9.70. The lowest BCUT2D eigenvalue weighted by molar-refractivity contribution is 0.0668. The molecule has 0 spiro atoms. The molecule has 2 aromatic rings. The second kappa shape index (κ2) is 9.73. The Hall–Kier alpha value is -1.86. The molecule has 142 valence electrons. The minimum atomic E-state index is -0.00916. The second-order valence-electron chi connectivity index (χ2n) is 6.59. The van der Waals surface area contributed by atoms with E-state index in [2.05, 4.69) is 24.0 Å². The Morgan fingerprint density at radius 3 is 2.77 bits per heavy atom. The zero-order chi connectivity index (χ0) is 19.1. The van der Waals surface area contributed by atoms with E-state index in [-0.39, 0.29) is 5.91 Å². The maximum atomic E-state index is 13.1. The Labute approximate surface area is 159 Å². The average molecular weight is 378 g/mol. The van der Waals surface area contributed by atoms with Crippen molar-refractivity contribution in [2.24, 2.45) is 5.92 Å². The van der Waals surface area contributed by atoms with Crippen LogP contribution in [0.15, 0.2) is 27.9 Å². The number of carbonyl (C=O) groups is 1. The van der Waals surface area contributed by atoms with Crippen LogP contribution in [-0.4, -0.2) is 47.8 Å². The molecule has 0 aliphatic heterocycles. The van der Waals surface area contributed by atoms with Gasteiger partial charge in [0, 0.05) is 37.7 Å². The third-order valence-electron chi connectivity index (χ3n) is 3.97. The van der Waals surface area contributed by atoms with Gasteiger partial charge in [-0.1, -0.05) is 19.0 Å². The van der Waals surface area contributed by atoms with Crippen LogP contribution in [0.3, 0.4) is 0 Å². The molecule has 0 aliphatic rings. The largest absolute Gasteiger partial charge is 0.383 e. The van der Waals surface area contributed by atoms with Crippen LogP contribution in [0.1, 0.15) is 41.2 Å². The van der Waals surface area contributed by atoms with Gasteiger partial charge >= 0.3 is 0 Å². The second-order valence-corrected chi connectivity index (χ2v) is 7.55. The van der Waals surface area contributed by atoms with Crippen molar-refractivity contribution in [3.05, 3.63) is 40.9 Å². The Balaban J connectivity index is 2.19. The molecule has 0 unspecified atom stereocenters. The Kier molecular flexibility index (Phi) is 7.66. The topological polar surface area (TPSA) is 68.5 Å². The van der Waals surface area contributed by atoms with Crippen LogP contribution in [0.25, 0.3) is 0 Å². The summed E-state index contributed by atoms with van der Waals surface area (Å²) in [4.78, 5) is 19.4. The van der Waals surface area contributed by atoms with Gasteiger partial charge in [-0.3, -0.25) is 4.79 Å². The van der Waals surface area contributed by atoms with Gasteiger partial charge in [0.25, 0.3) is 5.91 Å². The van der Waals surface area contributed by atoms with E-state index in [4.69, 9.17) is 9.26 Å². The number of aromatic nitrogens is 2. The number of aryl methyl sites for hydroxylation is 2. The summed E-state index contributed by atoms with van der Waals surface area (Å²) < 4.78 is 10.4. The minimum Gasteiger partial charge on any atom is -0.383 e. The van der Waals surface area contributed by atoms with Crippen LogP contribution in [0.2, 0.25) is 0 Å². The SMILES string of the molecule is COCCN(CC(C)C)C(=O)c1cccnc1SCc1c(C)noc1C. The number of hydrogen-bond donors (Lipinski definition) is 0. The van der Waals surface area contributed by atoms with Crippen molar-refractivity contribution in [1.29, 1.82) is 0 Å². The standard InChI is InChI=1S/C19H27N3O3S/c1-13(2)11-22(9-10-24-5)19(23)16-7-6-8-20-18(16)26-12-17-14(3)21-25-15(17)4/h6-8,13H,9-12H2,1-5H3. The summed E-state index contributed by atoms with van der Waals surface area (Å²) in [6.07, 6.45) is 1.72. The van der Waals surface area contributed by atoms with Gasteiger partial charge in [-0.25, -0.2) is 4.98 Å². The van der Waals surface area contributed by atoms with Crippen molar-refractivity contribution in [2.45, 2.75) is 38.5 Å². The molecule has 0 N–H and O–H groups in total. The number of thioether (sulfide) groups is 1. The van der Waals surface area contributed by atoms with E-state index in [0.717, 1.165) is 22.0 Å². The van der Waals surface area contributed by atoms with Gasteiger partial charge in [-0.05, 0) is 31.9 Å². The maximum Gasteiger partial charge on any atom is 0.256 e. The van der Waals surface area contributed by atoms with Crippen molar-refractivity contribution >= 4 is 17.7 Å². The van der Waals surface area contributed by atoms with Gasteiger partial charge in [0.1, 0.15) is 10.8 Å². The Morgan fingerprint density at radius 1 is 1.38 bits per heavy atom. The molecule has 6 nitrogen and oxygen atoms in total. The van der Waals surface area contributed by atoms with Crippen LogP contribution >= 0.6 is 11.8 Å². The smallest absolute Gasteiger partial charge is 0.256 e. The first-order valence-electron chi connectivity index (χ1n) is 8.71. The van der Waals surface area contributed by atoms with Gasteiger partial charge in [0.05, 0.1) is 17.9 Å². The van der Waals surface area contributed by atoms with E-state index in [1.165, 1.54) is 11.8 Å². The molecule has 26 heavy (non-hydrogen) atoms. The molecular weight excluding hydrogens is 350 g/mol. The lowest BCUT2D eigenvalue weighted by Crippen LogP contribution is -2.37. The lowest BCUT2D eigenvalue weighted by Gasteiger charge is -2.25. The molecule has 0 atom stereocenters. The molecule has 0 fully saturated rings. The third kappa shape index (κ3) is 5.32. The predicted octanol–water partition coefficient (Wildman–Crippen LogP) is 3.72. The molecule has 0 radical (unpaired) electrons. The highest BCUT2D eigenvalue weighted by molar-refractivity contribution is 7.98. The molecule has 2 aromatic heterocycles. The average Bonchev–Trinajstić information content (AvgIpc) is 2.94. The van der Waals surface area contributed by atoms with Crippen molar-refractivity contribution in [3.8, 4) is 0 Å². The maximum absolute atomic E-state index is 13.1.